The van der Waals surface area contributed by atoms with E-state index in [-0.39, 0.29) is 11.3 Å². The Morgan fingerprint density at radius 2 is 2.31 bits per heavy atom. The zero-order valence-corrected chi connectivity index (χ0v) is 9.33. The fourth-order valence-corrected chi connectivity index (χ4v) is 1.48. The van der Waals surface area contributed by atoms with Crippen LogP contribution in [0.25, 0.3) is 0 Å². The highest BCUT2D eigenvalue weighted by atomic mass is 19.1. The highest BCUT2D eigenvalue weighted by molar-refractivity contribution is 5.98. The lowest BCUT2D eigenvalue weighted by Gasteiger charge is -2.07. The van der Waals surface area contributed by atoms with Gasteiger partial charge in [0, 0.05) is 6.42 Å². The number of methoxy groups -OCH3 is 1. The minimum Gasteiger partial charge on any atom is -0.496 e. The molecule has 16 heavy (non-hydrogen) atoms. The van der Waals surface area contributed by atoms with Gasteiger partial charge in [0.2, 0.25) is 0 Å². The average Bonchev–Trinajstić information content (AvgIpc) is 2.28. The van der Waals surface area contributed by atoms with Gasteiger partial charge < -0.3 is 4.74 Å². The van der Waals surface area contributed by atoms with Crippen LogP contribution in [-0.4, -0.2) is 12.9 Å². The summed E-state index contributed by atoms with van der Waals surface area (Å²) in [5, 5.41) is 0. The average molecular weight is 222 g/mol. The van der Waals surface area contributed by atoms with Gasteiger partial charge in [0.25, 0.3) is 0 Å². The van der Waals surface area contributed by atoms with Crippen LogP contribution in [0.4, 0.5) is 4.39 Å². The molecule has 0 aliphatic heterocycles. The molecule has 1 rings (SSSR count). The summed E-state index contributed by atoms with van der Waals surface area (Å²) in [6, 6.07) is 4.38. The molecule has 0 N–H and O–H groups in total. The summed E-state index contributed by atoms with van der Waals surface area (Å²) in [7, 11) is 1.43. The molecular weight excluding hydrogens is 207 g/mol. The molecule has 2 nitrogen and oxygen atoms in total. The first-order valence-corrected chi connectivity index (χ1v) is 5.17. The molecule has 0 aromatic heterocycles. The van der Waals surface area contributed by atoms with Crippen molar-refractivity contribution in [3.63, 3.8) is 0 Å². The molecule has 0 aliphatic rings. The molecule has 0 amide bonds. The maximum absolute atomic E-state index is 13.5. The summed E-state index contributed by atoms with van der Waals surface area (Å²) in [5.74, 6) is -0.455. The minimum absolute atomic E-state index is 0.0501. The van der Waals surface area contributed by atoms with Gasteiger partial charge in [-0.25, -0.2) is 4.39 Å². The van der Waals surface area contributed by atoms with Crippen LogP contribution < -0.4 is 4.74 Å². The predicted molar refractivity (Wildman–Crippen MR) is 61.3 cm³/mol. The summed E-state index contributed by atoms with van der Waals surface area (Å²) < 4.78 is 18.4. The van der Waals surface area contributed by atoms with E-state index in [9.17, 15) is 9.18 Å². The third-order valence-electron chi connectivity index (χ3n) is 2.29. The quantitative estimate of drug-likeness (QED) is 0.419. The van der Waals surface area contributed by atoms with E-state index in [0.717, 1.165) is 6.42 Å². The maximum atomic E-state index is 13.5. The topological polar surface area (TPSA) is 26.3 Å². The Kier molecular flexibility index (Phi) is 4.70. The van der Waals surface area contributed by atoms with Crippen molar-refractivity contribution in [2.24, 2.45) is 0 Å². The van der Waals surface area contributed by atoms with Crippen molar-refractivity contribution in [3.8, 4) is 5.75 Å². The highest BCUT2D eigenvalue weighted by Gasteiger charge is 2.16. The van der Waals surface area contributed by atoms with Crippen molar-refractivity contribution < 1.29 is 13.9 Å². The zero-order valence-electron chi connectivity index (χ0n) is 9.33. The first-order chi connectivity index (χ1) is 7.70. The van der Waals surface area contributed by atoms with Crippen molar-refractivity contribution in [2.75, 3.05) is 7.11 Å². The lowest BCUT2D eigenvalue weighted by molar-refractivity contribution is 0.0973. The first kappa shape index (κ1) is 12.4. The van der Waals surface area contributed by atoms with E-state index >= 15 is 0 Å². The molecule has 0 spiro atoms. The third kappa shape index (κ3) is 2.92. The second-order valence-electron chi connectivity index (χ2n) is 3.42. The fourth-order valence-electron chi connectivity index (χ4n) is 1.48. The van der Waals surface area contributed by atoms with Crippen LogP contribution in [0.2, 0.25) is 0 Å². The second-order valence-corrected chi connectivity index (χ2v) is 3.42. The third-order valence-corrected chi connectivity index (χ3v) is 2.29. The van der Waals surface area contributed by atoms with Crippen LogP contribution in [0, 0.1) is 5.82 Å². The van der Waals surface area contributed by atoms with Crippen molar-refractivity contribution in [3.05, 3.63) is 42.2 Å². The van der Waals surface area contributed by atoms with Crippen LogP contribution in [0.3, 0.4) is 0 Å². The Labute approximate surface area is 94.7 Å². The van der Waals surface area contributed by atoms with Gasteiger partial charge in [-0.3, -0.25) is 4.79 Å². The van der Waals surface area contributed by atoms with Gasteiger partial charge in [0.1, 0.15) is 11.6 Å². The van der Waals surface area contributed by atoms with Gasteiger partial charge in [-0.15, -0.1) is 6.58 Å². The summed E-state index contributed by atoms with van der Waals surface area (Å²) in [4.78, 5) is 11.8. The molecule has 0 saturated carbocycles. The summed E-state index contributed by atoms with van der Waals surface area (Å²) in [5.41, 5.74) is 0.0501. The molecule has 0 bridgehead atoms. The molecule has 0 heterocycles. The summed E-state index contributed by atoms with van der Waals surface area (Å²) in [6.45, 7) is 3.57. The van der Waals surface area contributed by atoms with Crippen LogP contribution in [0.1, 0.15) is 29.6 Å². The van der Waals surface area contributed by atoms with Gasteiger partial charge in [-0.1, -0.05) is 12.1 Å². The van der Waals surface area contributed by atoms with E-state index in [1.54, 1.807) is 12.1 Å². The summed E-state index contributed by atoms with van der Waals surface area (Å²) in [6.07, 6.45) is 3.48. The normalized spacial score (nSPS) is 9.88. The fraction of sp³-hybridized carbons (Fsp3) is 0.308. The monoisotopic (exact) mass is 222 g/mol. The van der Waals surface area contributed by atoms with Crippen LogP contribution in [0.5, 0.6) is 5.75 Å². The standard InChI is InChI=1S/C13H15FO2/c1-3-4-5-8-11(15)13-10(14)7-6-9-12(13)16-2/h3,6-7,9H,1,4-5,8H2,2H3. The molecule has 86 valence electrons. The van der Waals surface area contributed by atoms with Gasteiger partial charge in [0.15, 0.2) is 5.78 Å². The molecule has 0 unspecified atom stereocenters. The molecule has 0 radical (unpaired) electrons. The summed E-state index contributed by atoms with van der Waals surface area (Å²) >= 11 is 0. The van der Waals surface area contributed by atoms with E-state index in [0.29, 0.717) is 18.6 Å². The Bertz CT molecular complexity index is 386. The number of benzene rings is 1. The largest absolute Gasteiger partial charge is 0.496 e. The number of carbonyl (C=O) groups excluding carboxylic acids is 1. The second kappa shape index (κ2) is 6.05. The molecule has 0 atom stereocenters. The molecule has 1 aromatic rings. The van der Waals surface area contributed by atoms with Gasteiger partial charge in [-0.2, -0.15) is 0 Å². The molecule has 0 aliphatic carbocycles. The van der Waals surface area contributed by atoms with Crippen LogP contribution >= 0.6 is 0 Å². The lowest BCUT2D eigenvalue weighted by atomic mass is 10.0. The van der Waals surface area contributed by atoms with Crippen LogP contribution in [-0.2, 0) is 0 Å². The number of carbonyl (C=O) groups is 1. The number of ketones is 1. The number of Topliss-reactive ketones (excluding diaryl/α,β-unsaturated/α-hetero) is 1. The van der Waals surface area contributed by atoms with Gasteiger partial charge in [-0.05, 0) is 25.0 Å². The predicted octanol–water partition coefficient (Wildman–Crippen LogP) is 3.37. The Balaban J connectivity index is 2.85. The number of hydrogen-bond donors (Lipinski definition) is 0. The Morgan fingerprint density at radius 1 is 1.56 bits per heavy atom. The molecule has 0 fully saturated rings. The van der Waals surface area contributed by atoms with E-state index in [2.05, 4.69) is 6.58 Å². The smallest absolute Gasteiger partial charge is 0.169 e. The number of hydrogen-bond acceptors (Lipinski definition) is 2. The Hall–Kier alpha value is -1.64. The van der Waals surface area contributed by atoms with Crippen molar-refractivity contribution in [1.82, 2.24) is 0 Å². The Morgan fingerprint density at radius 3 is 2.94 bits per heavy atom. The van der Waals surface area contributed by atoms with E-state index in [1.807, 2.05) is 0 Å². The van der Waals surface area contributed by atoms with Crippen molar-refractivity contribution in [1.29, 1.82) is 0 Å². The van der Waals surface area contributed by atoms with E-state index < -0.39 is 5.82 Å². The lowest BCUT2D eigenvalue weighted by Crippen LogP contribution is -2.05. The number of rotatable bonds is 6. The SMILES string of the molecule is C=CCCCC(=O)c1c(F)cccc1OC. The zero-order chi connectivity index (χ0) is 12.0. The number of unbranched alkanes of at least 4 members (excludes halogenated alkanes) is 1. The number of allylic oxidation sites excluding steroid dienone is 1. The van der Waals surface area contributed by atoms with E-state index in [4.69, 9.17) is 4.74 Å². The molecule has 0 saturated heterocycles. The highest BCUT2D eigenvalue weighted by Crippen LogP contribution is 2.23. The number of halogens is 1. The van der Waals surface area contributed by atoms with Gasteiger partial charge >= 0.3 is 0 Å². The molecule has 1 aromatic carbocycles. The first-order valence-electron chi connectivity index (χ1n) is 5.17. The molecular formula is C13H15FO2. The van der Waals surface area contributed by atoms with E-state index in [1.165, 1.54) is 19.2 Å². The minimum atomic E-state index is -0.525. The number of ether oxygens (including phenoxy) is 1. The maximum Gasteiger partial charge on any atom is 0.169 e. The van der Waals surface area contributed by atoms with Gasteiger partial charge in [0.05, 0.1) is 12.7 Å². The van der Waals surface area contributed by atoms with Crippen molar-refractivity contribution in [2.45, 2.75) is 19.3 Å². The van der Waals surface area contributed by atoms with Crippen molar-refractivity contribution >= 4 is 5.78 Å². The van der Waals surface area contributed by atoms with Crippen LogP contribution in [0.15, 0.2) is 30.9 Å². The molecule has 3 heteroatoms.